The van der Waals surface area contributed by atoms with Crippen LogP contribution in [0, 0.1) is 21.4 Å². The molecule has 1 aromatic carbocycles. The molecule has 148 valence electrons. The van der Waals surface area contributed by atoms with Crippen LogP contribution in [0.1, 0.15) is 52.8 Å². The minimum absolute atomic E-state index is 0.196. The Kier molecular flexibility index (Phi) is 6.65. The maximum atomic E-state index is 12.2. The van der Waals surface area contributed by atoms with E-state index in [0.29, 0.717) is 12.8 Å². The molecule has 1 saturated carbocycles. The van der Waals surface area contributed by atoms with Crippen LogP contribution in [0.5, 0.6) is 0 Å². The second-order valence-corrected chi connectivity index (χ2v) is 6.40. The fourth-order valence-electron chi connectivity index (χ4n) is 3.01. The Morgan fingerprint density at radius 3 is 2.32 bits per heavy atom. The van der Waals surface area contributed by atoms with E-state index in [2.05, 4.69) is 16.1 Å². The van der Waals surface area contributed by atoms with Gasteiger partial charge in [-0.25, -0.2) is 9.59 Å². The molecule has 0 aliphatic heterocycles. The third-order valence-electron chi connectivity index (χ3n) is 4.42. The molecule has 1 fully saturated rings. The zero-order valence-corrected chi connectivity index (χ0v) is 15.2. The van der Waals surface area contributed by atoms with Crippen molar-refractivity contribution in [3.05, 3.63) is 39.4 Å². The monoisotopic (exact) mass is 389 g/mol. The minimum Gasteiger partial charge on any atom is -0.465 e. The minimum atomic E-state index is -1.02. The van der Waals surface area contributed by atoms with Gasteiger partial charge in [0.05, 0.1) is 29.2 Å². The average Bonchev–Trinajstić information content (AvgIpc) is 2.71. The van der Waals surface area contributed by atoms with Gasteiger partial charge < -0.3 is 14.8 Å². The summed E-state index contributed by atoms with van der Waals surface area (Å²) in [5, 5.41) is 23.0. The molecule has 0 heterocycles. The first-order chi connectivity index (χ1) is 13.3. The molecule has 2 rings (SSSR count). The van der Waals surface area contributed by atoms with Crippen LogP contribution in [0.15, 0.2) is 18.2 Å². The molecule has 10 nitrogen and oxygen atoms in total. The fraction of sp³-hybridized carbons (Fsp3) is 0.444. The van der Waals surface area contributed by atoms with Crippen molar-refractivity contribution in [1.82, 2.24) is 5.32 Å². The molecular weight excluding hydrogens is 370 g/mol. The number of amides is 1. The highest BCUT2D eigenvalue weighted by Crippen LogP contribution is 2.27. The number of esters is 2. The number of nitrogens with zero attached hydrogens (tertiary/aromatic N) is 2. The molecule has 28 heavy (non-hydrogen) atoms. The highest BCUT2D eigenvalue weighted by molar-refractivity contribution is 5.97. The second-order valence-electron chi connectivity index (χ2n) is 6.40. The standard InChI is InChI=1S/C18H19N3O7/c1-27-16(23)12-7-13(9-14(8-12)21(25)26)17(24)28-10-15(22)20-18(11-19)5-3-2-4-6-18/h7-9H,2-6,10H2,1H3,(H,20,22). The Hall–Kier alpha value is -3.48. The number of rotatable bonds is 6. The molecule has 0 spiro atoms. The normalized spacial score (nSPS) is 15.0. The number of nitriles is 1. The molecule has 0 bridgehead atoms. The van der Waals surface area contributed by atoms with E-state index >= 15 is 0 Å². The van der Waals surface area contributed by atoms with E-state index < -0.39 is 40.6 Å². The summed E-state index contributed by atoms with van der Waals surface area (Å²) in [5.41, 5.74) is -1.93. The van der Waals surface area contributed by atoms with Gasteiger partial charge in [0.2, 0.25) is 0 Å². The summed E-state index contributed by atoms with van der Waals surface area (Å²) in [6.45, 7) is -0.654. The number of benzene rings is 1. The van der Waals surface area contributed by atoms with Crippen molar-refractivity contribution in [2.75, 3.05) is 13.7 Å². The first-order valence-electron chi connectivity index (χ1n) is 8.57. The SMILES string of the molecule is COC(=O)c1cc(C(=O)OCC(=O)NC2(C#N)CCCCC2)cc([N+](=O)[O-])c1. The lowest BCUT2D eigenvalue weighted by Crippen LogP contribution is -2.50. The van der Waals surface area contributed by atoms with Gasteiger partial charge in [0.1, 0.15) is 5.54 Å². The summed E-state index contributed by atoms with van der Waals surface area (Å²) in [5.74, 6) is -2.52. The number of hydrogen-bond donors (Lipinski definition) is 1. The van der Waals surface area contributed by atoms with Gasteiger partial charge in [-0.15, -0.1) is 0 Å². The summed E-state index contributed by atoms with van der Waals surface area (Å²) < 4.78 is 9.39. The molecule has 1 N–H and O–H groups in total. The number of nitro benzene ring substituents is 1. The zero-order chi connectivity index (χ0) is 20.7. The maximum Gasteiger partial charge on any atom is 0.338 e. The van der Waals surface area contributed by atoms with Crippen molar-refractivity contribution in [3.63, 3.8) is 0 Å². The van der Waals surface area contributed by atoms with Crippen molar-refractivity contribution < 1.29 is 28.8 Å². The number of carbonyl (C=O) groups is 3. The van der Waals surface area contributed by atoms with Crippen LogP contribution in [0.3, 0.4) is 0 Å². The van der Waals surface area contributed by atoms with E-state index in [9.17, 15) is 29.8 Å². The summed E-state index contributed by atoms with van der Waals surface area (Å²) in [6, 6.07) is 5.10. The molecule has 0 unspecified atom stereocenters. The van der Waals surface area contributed by atoms with Crippen molar-refractivity contribution >= 4 is 23.5 Å². The summed E-state index contributed by atoms with van der Waals surface area (Å²) in [6.07, 6.45) is 3.67. The van der Waals surface area contributed by atoms with Gasteiger partial charge in [-0.05, 0) is 18.9 Å². The molecule has 1 amide bonds. The number of ether oxygens (including phenoxy) is 2. The van der Waals surface area contributed by atoms with Crippen LogP contribution < -0.4 is 5.32 Å². The van der Waals surface area contributed by atoms with E-state index in [1.54, 1.807) is 0 Å². The van der Waals surface area contributed by atoms with Crippen LogP contribution in [-0.2, 0) is 14.3 Å². The number of hydrogen-bond acceptors (Lipinski definition) is 8. The lowest BCUT2D eigenvalue weighted by molar-refractivity contribution is -0.384. The van der Waals surface area contributed by atoms with Gasteiger partial charge in [-0.2, -0.15) is 5.26 Å². The zero-order valence-electron chi connectivity index (χ0n) is 15.2. The number of nitro groups is 1. The second kappa shape index (κ2) is 8.94. The van der Waals surface area contributed by atoms with Crippen LogP contribution in [-0.4, -0.2) is 42.0 Å². The highest BCUT2D eigenvalue weighted by Gasteiger charge is 2.33. The van der Waals surface area contributed by atoms with Crippen molar-refractivity contribution in [3.8, 4) is 6.07 Å². The summed E-state index contributed by atoms with van der Waals surface area (Å²) in [4.78, 5) is 46.1. The molecule has 1 aromatic rings. The summed E-state index contributed by atoms with van der Waals surface area (Å²) in [7, 11) is 1.10. The number of nitrogens with one attached hydrogen (secondary N) is 1. The Bertz CT molecular complexity index is 838. The number of methoxy groups -OCH3 is 1. The van der Waals surface area contributed by atoms with Crippen LogP contribution in [0.2, 0.25) is 0 Å². The largest absolute Gasteiger partial charge is 0.465 e. The number of non-ortho nitro benzene ring substituents is 1. The van der Waals surface area contributed by atoms with Gasteiger partial charge in [0.15, 0.2) is 6.61 Å². The van der Waals surface area contributed by atoms with Crippen molar-refractivity contribution in [2.24, 2.45) is 0 Å². The van der Waals surface area contributed by atoms with E-state index in [-0.39, 0.29) is 11.1 Å². The Labute approximate surface area is 160 Å². The Morgan fingerprint density at radius 2 is 1.79 bits per heavy atom. The van der Waals surface area contributed by atoms with Gasteiger partial charge in [-0.1, -0.05) is 19.3 Å². The molecule has 1 aliphatic rings. The first kappa shape index (κ1) is 20.8. The van der Waals surface area contributed by atoms with Crippen LogP contribution in [0.25, 0.3) is 0 Å². The number of carbonyl (C=O) groups excluding carboxylic acids is 3. The molecule has 0 aromatic heterocycles. The average molecular weight is 389 g/mol. The van der Waals surface area contributed by atoms with Gasteiger partial charge >= 0.3 is 11.9 Å². The predicted molar refractivity (Wildman–Crippen MR) is 94.3 cm³/mol. The topological polar surface area (TPSA) is 149 Å². The smallest absolute Gasteiger partial charge is 0.338 e. The third kappa shape index (κ3) is 5.03. The predicted octanol–water partition coefficient (Wildman–Crippen LogP) is 1.88. The highest BCUT2D eigenvalue weighted by atomic mass is 16.6. The van der Waals surface area contributed by atoms with E-state index in [1.807, 2.05) is 0 Å². The lowest BCUT2D eigenvalue weighted by atomic mass is 9.83. The van der Waals surface area contributed by atoms with Gasteiger partial charge in [0, 0.05) is 12.1 Å². The Balaban J connectivity index is 2.07. The first-order valence-corrected chi connectivity index (χ1v) is 8.57. The molecule has 0 atom stereocenters. The van der Waals surface area contributed by atoms with Crippen molar-refractivity contribution in [2.45, 2.75) is 37.6 Å². The van der Waals surface area contributed by atoms with E-state index in [0.717, 1.165) is 44.6 Å². The molecule has 10 heteroatoms. The van der Waals surface area contributed by atoms with Gasteiger partial charge in [-0.3, -0.25) is 14.9 Å². The van der Waals surface area contributed by atoms with Crippen molar-refractivity contribution in [1.29, 1.82) is 5.26 Å². The van der Waals surface area contributed by atoms with E-state index in [1.165, 1.54) is 0 Å². The van der Waals surface area contributed by atoms with Gasteiger partial charge in [0.25, 0.3) is 11.6 Å². The molecular formula is C18H19N3O7. The lowest BCUT2D eigenvalue weighted by Gasteiger charge is -2.31. The maximum absolute atomic E-state index is 12.2. The van der Waals surface area contributed by atoms with Crippen LogP contribution >= 0.6 is 0 Å². The van der Waals surface area contributed by atoms with Crippen LogP contribution in [0.4, 0.5) is 5.69 Å². The molecule has 1 aliphatic carbocycles. The summed E-state index contributed by atoms with van der Waals surface area (Å²) >= 11 is 0. The Morgan fingerprint density at radius 1 is 1.18 bits per heavy atom. The molecule has 0 radical (unpaired) electrons. The van der Waals surface area contributed by atoms with E-state index in [4.69, 9.17) is 4.74 Å². The molecule has 0 saturated heterocycles. The quantitative estimate of drug-likeness (QED) is 0.440. The fourth-order valence-corrected chi connectivity index (χ4v) is 3.01. The third-order valence-corrected chi connectivity index (χ3v) is 4.42.